The number of nitrogens with zero attached hydrogens (tertiary/aromatic N) is 3. The molecule has 1 aromatic carbocycles. The molecule has 0 spiro atoms. The van der Waals surface area contributed by atoms with Crippen LogP contribution >= 0.6 is 11.3 Å². The van der Waals surface area contributed by atoms with Gasteiger partial charge >= 0.3 is 0 Å². The normalized spacial score (nSPS) is 14.2. The average Bonchev–Trinajstić information content (AvgIpc) is 3.09. The van der Waals surface area contributed by atoms with Crippen molar-refractivity contribution in [2.45, 2.75) is 25.7 Å². The lowest BCUT2D eigenvalue weighted by Crippen LogP contribution is -1.99. The van der Waals surface area contributed by atoms with Gasteiger partial charge in [-0.3, -0.25) is 0 Å². The van der Waals surface area contributed by atoms with Crippen LogP contribution in [0, 0.1) is 11.3 Å². The van der Waals surface area contributed by atoms with Crippen molar-refractivity contribution in [3.8, 4) is 11.9 Å². The predicted octanol–water partition coefficient (Wildman–Crippen LogP) is 4.45. The minimum Gasteiger partial charge on any atom is -0.494 e. The third-order valence-electron chi connectivity index (χ3n) is 4.69. The standard InChI is InChI=1S/C19H17N3OS/c1-22-16-8-4-2-6-12(16)15(19(22)23)11-21-18-14(10-20)13-7-3-5-9-17(13)24-18/h2,4,6,8,11,23H,3,5,7,9H2,1H3/b21-11+. The second-order valence-corrected chi connectivity index (χ2v) is 7.16. The van der Waals surface area contributed by atoms with E-state index in [4.69, 9.17) is 0 Å². The number of thiophene rings is 1. The first-order chi connectivity index (χ1) is 11.7. The third-order valence-corrected chi connectivity index (χ3v) is 5.89. The maximum absolute atomic E-state index is 10.4. The van der Waals surface area contributed by atoms with Gasteiger partial charge in [-0.1, -0.05) is 18.2 Å². The first kappa shape index (κ1) is 15.0. The highest BCUT2D eigenvalue weighted by atomic mass is 32.1. The van der Waals surface area contributed by atoms with E-state index in [1.807, 2.05) is 31.3 Å². The van der Waals surface area contributed by atoms with Crippen molar-refractivity contribution in [1.29, 1.82) is 5.26 Å². The Morgan fingerprint density at radius 2 is 2.08 bits per heavy atom. The van der Waals surface area contributed by atoms with Gasteiger partial charge in [0.15, 0.2) is 0 Å². The number of rotatable bonds is 2. The van der Waals surface area contributed by atoms with Crippen molar-refractivity contribution in [3.05, 3.63) is 45.8 Å². The number of para-hydroxylation sites is 1. The van der Waals surface area contributed by atoms with E-state index >= 15 is 0 Å². The highest BCUT2D eigenvalue weighted by molar-refractivity contribution is 7.16. The zero-order valence-electron chi connectivity index (χ0n) is 13.4. The van der Waals surface area contributed by atoms with Gasteiger partial charge in [-0.05, 0) is 37.3 Å². The summed E-state index contributed by atoms with van der Waals surface area (Å²) in [5, 5.41) is 21.6. The Kier molecular flexibility index (Phi) is 3.62. The third kappa shape index (κ3) is 2.22. The van der Waals surface area contributed by atoms with Crippen molar-refractivity contribution < 1.29 is 5.11 Å². The molecule has 0 fully saturated rings. The fraction of sp³-hybridized carbons (Fsp3) is 0.263. The molecule has 0 saturated carbocycles. The number of fused-ring (bicyclic) bond motifs is 2. The van der Waals surface area contributed by atoms with Gasteiger partial charge in [0.2, 0.25) is 5.88 Å². The van der Waals surface area contributed by atoms with E-state index in [2.05, 4.69) is 11.1 Å². The van der Waals surface area contributed by atoms with E-state index < -0.39 is 0 Å². The number of aliphatic imine (C=N–C) groups is 1. The monoisotopic (exact) mass is 335 g/mol. The summed E-state index contributed by atoms with van der Waals surface area (Å²) in [6.07, 6.45) is 6.04. The van der Waals surface area contributed by atoms with Gasteiger partial charge < -0.3 is 9.67 Å². The second-order valence-electron chi connectivity index (χ2n) is 6.07. The van der Waals surface area contributed by atoms with Crippen LogP contribution in [0.2, 0.25) is 0 Å². The van der Waals surface area contributed by atoms with Crippen LogP contribution in [0.25, 0.3) is 10.9 Å². The number of aryl methyl sites for hydroxylation is 2. The van der Waals surface area contributed by atoms with Crippen molar-refractivity contribution in [3.63, 3.8) is 0 Å². The molecule has 0 radical (unpaired) electrons. The highest BCUT2D eigenvalue weighted by Crippen LogP contribution is 2.39. The molecule has 2 aromatic heterocycles. The topological polar surface area (TPSA) is 61.3 Å². The van der Waals surface area contributed by atoms with Crippen molar-refractivity contribution in [2.24, 2.45) is 12.0 Å². The zero-order chi connectivity index (χ0) is 16.7. The molecular weight excluding hydrogens is 318 g/mol. The summed E-state index contributed by atoms with van der Waals surface area (Å²) >= 11 is 1.61. The molecule has 4 rings (SSSR count). The van der Waals surface area contributed by atoms with Crippen LogP contribution in [-0.4, -0.2) is 15.9 Å². The van der Waals surface area contributed by atoms with E-state index in [1.165, 1.54) is 16.9 Å². The lowest BCUT2D eigenvalue weighted by Gasteiger charge is -2.09. The number of hydrogen-bond donors (Lipinski definition) is 1. The average molecular weight is 335 g/mol. The van der Waals surface area contributed by atoms with Crippen LogP contribution in [0.3, 0.4) is 0 Å². The number of aromatic hydroxyl groups is 1. The van der Waals surface area contributed by atoms with Gasteiger partial charge in [-0.15, -0.1) is 11.3 Å². The van der Waals surface area contributed by atoms with Crippen LogP contribution in [0.1, 0.15) is 34.4 Å². The molecule has 0 aliphatic heterocycles. The van der Waals surface area contributed by atoms with E-state index in [0.29, 0.717) is 11.1 Å². The Labute approximate surface area is 144 Å². The Bertz CT molecular complexity index is 1000. The summed E-state index contributed by atoms with van der Waals surface area (Å²) in [4.78, 5) is 5.87. The Morgan fingerprint density at radius 1 is 1.29 bits per heavy atom. The van der Waals surface area contributed by atoms with Crippen LogP contribution in [0.4, 0.5) is 5.00 Å². The van der Waals surface area contributed by atoms with E-state index in [0.717, 1.165) is 35.2 Å². The molecule has 0 saturated heterocycles. The van der Waals surface area contributed by atoms with E-state index in [-0.39, 0.29) is 5.88 Å². The first-order valence-electron chi connectivity index (χ1n) is 8.05. The zero-order valence-corrected chi connectivity index (χ0v) is 14.2. The molecule has 4 nitrogen and oxygen atoms in total. The molecule has 1 aliphatic carbocycles. The number of aromatic nitrogens is 1. The first-order valence-corrected chi connectivity index (χ1v) is 8.87. The van der Waals surface area contributed by atoms with Crippen molar-refractivity contribution >= 4 is 33.5 Å². The molecule has 3 aromatic rings. The minimum atomic E-state index is 0.194. The summed E-state index contributed by atoms with van der Waals surface area (Å²) < 4.78 is 1.75. The van der Waals surface area contributed by atoms with Crippen LogP contribution in [-0.2, 0) is 19.9 Å². The maximum Gasteiger partial charge on any atom is 0.200 e. The van der Waals surface area contributed by atoms with E-state index in [9.17, 15) is 10.4 Å². The summed E-state index contributed by atoms with van der Waals surface area (Å²) in [7, 11) is 1.83. The Balaban J connectivity index is 1.81. The predicted molar refractivity (Wildman–Crippen MR) is 97.5 cm³/mol. The summed E-state index contributed by atoms with van der Waals surface area (Å²) in [6, 6.07) is 10.2. The smallest absolute Gasteiger partial charge is 0.200 e. The SMILES string of the molecule is Cn1c(O)c(/C=N/c2sc3c(c2C#N)CCCC3)c2ccccc21. The molecule has 0 atom stereocenters. The molecular formula is C19H17N3OS. The number of hydrogen-bond acceptors (Lipinski definition) is 4. The molecule has 5 heteroatoms. The lowest BCUT2D eigenvalue weighted by molar-refractivity contribution is 0.434. The Morgan fingerprint density at radius 3 is 2.92 bits per heavy atom. The molecule has 1 aliphatic rings. The van der Waals surface area contributed by atoms with Gasteiger partial charge in [0.05, 0.1) is 16.6 Å². The highest BCUT2D eigenvalue weighted by Gasteiger charge is 2.20. The van der Waals surface area contributed by atoms with Gasteiger partial charge in [0, 0.05) is 23.5 Å². The largest absolute Gasteiger partial charge is 0.494 e. The Hall–Kier alpha value is -2.58. The summed E-state index contributed by atoms with van der Waals surface area (Å²) in [5.74, 6) is 0.194. The molecule has 1 N–H and O–H groups in total. The molecule has 0 unspecified atom stereocenters. The van der Waals surface area contributed by atoms with E-state index in [1.54, 1.807) is 22.1 Å². The quantitative estimate of drug-likeness (QED) is 0.703. The van der Waals surface area contributed by atoms with Crippen molar-refractivity contribution in [2.75, 3.05) is 0 Å². The van der Waals surface area contributed by atoms with Crippen molar-refractivity contribution in [1.82, 2.24) is 4.57 Å². The van der Waals surface area contributed by atoms with Gasteiger partial charge in [0.25, 0.3) is 0 Å². The van der Waals surface area contributed by atoms with Gasteiger partial charge in [0.1, 0.15) is 11.1 Å². The van der Waals surface area contributed by atoms with Gasteiger partial charge in [-0.25, -0.2) is 4.99 Å². The number of benzene rings is 1. The van der Waals surface area contributed by atoms with Crippen LogP contribution in [0.5, 0.6) is 5.88 Å². The molecule has 0 bridgehead atoms. The fourth-order valence-electron chi connectivity index (χ4n) is 3.42. The fourth-order valence-corrected chi connectivity index (χ4v) is 4.60. The minimum absolute atomic E-state index is 0.194. The van der Waals surface area contributed by atoms with Gasteiger partial charge in [-0.2, -0.15) is 5.26 Å². The second kappa shape index (κ2) is 5.81. The molecule has 2 heterocycles. The summed E-state index contributed by atoms with van der Waals surface area (Å²) in [6.45, 7) is 0. The number of nitriles is 1. The molecule has 120 valence electrons. The molecule has 24 heavy (non-hydrogen) atoms. The lowest BCUT2D eigenvalue weighted by atomic mass is 9.96. The maximum atomic E-state index is 10.4. The summed E-state index contributed by atoms with van der Waals surface area (Å²) in [5.41, 5.74) is 3.56. The molecule has 0 amide bonds. The van der Waals surface area contributed by atoms with Crippen LogP contribution < -0.4 is 0 Å². The van der Waals surface area contributed by atoms with Crippen LogP contribution in [0.15, 0.2) is 29.3 Å².